The topological polar surface area (TPSA) is 90.0 Å². The molecule has 0 spiro atoms. The van der Waals surface area contributed by atoms with Gasteiger partial charge in [0.05, 0.1) is 13.0 Å². The van der Waals surface area contributed by atoms with Crippen LogP contribution in [0.1, 0.15) is 88.7 Å². The zero-order valence-electron chi connectivity index (χ0n) is 25.3. The molecule has 7 nitrogen and oxygen atoms in total. The van der Waals surface area contributed by atoms with Gasteiger partial charge in [-0.05, 0) is 87.3 Å². The van der Waals surface area contributed by atoms with Crippen molar-refractivity contribution < 1.29 is 37.4 Å². The van der Waals surface area contributed by atoms with Crippen LogP contribution in [0, 0.1) is 29.4 Å². The summed E-state index contributed by atoms with van der Waals surface area (Å²) in [5.74, 6) is -4.99. The molecule has 1 fully saturated rings. The molecular formula is C33H38BrF2NO6. The molecule has 2 aliphatic rings. The Morgan fingerprint density at radius 3 is 2.42 bits per heavy atom. The van der Waals surface area contributed by atoms with Crippen LogP contribution in [0.2, 0.25) is 0 Å². The molecule has 4 atom stereocenters. The van der Waals surface area contributed by atoms with Gasteiger partial charge in [-0.15, -0.1) is 0 Å². The lowest BCUT2D eigenvalue weighted by Crippen LogP contribution is -2.60. The number of esters is 2. The Bertz CT molecular complexity index is 1440. The highest BCUT2D eigenvalue weighted by Crippen LogP contribution is 2.43. The van der Waals surface area contributed by atoms with E-state index < -0.39 is 65.5 Å². The van der Waals surface area contributed by atoms with Crippen molar-refractivity contribution in [3.8, 4) is 0 Å². The lowest BCUT2D eigenvalue weighted by molar-refractivity contribution is -0.175. The number of imide groups is 1. The number of benzene rings is 2. The van der Waals surface area contributed by atoms with Crippen LogP contribution in [-0.2, 0) is 35.8 Å². The van der Waals surface area contributed by atoms with E-state index in [9.17, 15) is 28.0 Å². The lowest BCUT2D eigenvalue weighted by Gasteiger charge is -2.42. The van der Waals surface area contributed by atoms with Crippen LogP contribution in [0.25, 0.3) is 0 Å². The first-order valence-electron chi connectivity index (χ1n) is 14.6. The van der Waals surface area contributed by atoms with Crippen molar-refractivity contribution in [2.75, 3.05) is 0 Å². The van der Waals surface area contributed by atoms with Crippen molar-refractivity contribution in [1.82, 2.24) is 4.90 Å². The molecule has 1 aliphatic carbocycles. The molecule has 0 saturated heterocycles. The van der Waals surface area contributed by atoms with E-state index in [0.717, 1.165) is 29.9 Å². The van der Waals surface area contributed by atoms with Crippen LogP contribution in [0.15, 0.2) is 40.9 Å². The smallest absolute Gasteiger partial charge is 0.327 e. The molecule has 0 unspecified atom stereocenters. The van der Waals surface area contributed by atoms with Crippen LogP contribution in [-0.4, -0.2) is 40.4 Å². The molecule has 2 aromatic carbocycles. The summed E-state index contributed by atoms with van der Waals surface area (Å²) in [5.41, 5.74) is -3.83. The molecule has 2 aromatic rings. The average Bonchev–Trinajstić information content (AvgIpc) is 2.88. The van der Waals surface area contributed by atoms with Gasteiger partial charge in [-0.3, -0.25) is 24.1 Å². The van der Waals surface area contributed by atoms with E-state index in [0.29, 0.717) is 10.9 Å². The number of carbonyl (C=O) groups is 4. The summed E-state index contributed by atoms with van der Waals surface area (Å²) in [5, 5.41) is 0. The number of fused-ring (bicyclic) bond motifs is 1. The van der Waals surface area contributed by atoms with E-state index in [1.165, 1.54) is 18.2 Å². The third-order valence-corrected chi connectivity index (χ3v) is 8.76. The van der Waals surface area contributed by atoms with Gasteiger partial charge >= 0.3 is 11.9 Å². The van der Waals surface area contributed by atoms with E-state index in [4.69, 9.17) is 9.47 Å². The SMILES string of the molecule is CC(C)[C@@H]1CC[C@@H](C)C[C@H]1OC(=O)[C@]1(CC(=O)OC(C)(C)C)C(=O)N(Cc2ccc(Br)cc2F)C(=O)c2ccc(F)cc21. The molecular weight excluding hydrogens is 624 g/mol. The predicted molar refractivity (Wildman–Crippen MR) is 159 cm³/mol. The first kappa shape index (κ1) is 32.8. The van der Waals surface area contributed by atoms with Gasteiger partial charge in [0.2, 0.25) is 0 Å². The first-order chi connectivity index (χ1) is 20.0. The number of amides is 2. The molecule has 2 amide bonds. The number of nitrogens with zero attached hydrogens (tertiary/aromatic N) is 1. The van der Waals surface area contributed by atoms with Crippen LogP contribution in [0.5, 0.6) is 0 Å². The van der Waals surface area contributed by atoms with Crippen molar-refractivity contribution >= 4 is 39.7 Å². The van der Waals surface area contributed by atoms with Crippen molar-refractivity contribution in [2.45, 2.75) is 90.9 Å². The van der Waals surface area contributed by atoms with Gasteiger partial charge in [0.25, 0.3) is 11.8 Å². The van der Waals surface area contributed by atoms with Crippen LogP contribution >= 0.6 is 15.9 Å². The first-order valence-corrected chi connectivity index (χ1v) is 15.4. The fourth-order valence-electron chi connectivity index (χ4n) is 6.13. The summed E-state index contributed by atoms with van der Waals surface area (Å²) in [7, 11) is 0. The van der Waals surface area contributed by atoms with Crippen molar-refractivity contribution in [2.24, 2.45) is 17.8 Å². The Morgan fingerprint density at radius 2 is 1.79 bits per heavy atom. The quantitative estimate of drug-likeness (QED) is 0.183. The molecule has 0 aromatic heterocycles. The van der Waals surface area contributed by atoms with E-state index >= 15 is 0 Å². The van der Waals surface area contributed by atoms with Gasteiger partial charge in [0, 0.05) is 15.6 Å². The van der Waals surface area contributed by atoms with Gasteiger partial charge < -0.3 is 9.47 Å². The second-order valence-corrected chi connectivity index (χ2v) is 14.0. The number of hydrogen-bond donors (Lipinski definition) is 0. The van der Waals surface area contributed by atoms with Gasteiger partial charge in [0.1, 0.15) is 23.3 Å². The number of rotatable bonds is 7. The zero-order chi connectivity index (χ0) is 31.9. The Labute approximate surface area is 259 Å². The minimum absolute atomic E-state index is 0.000930. The van der Waals surface area contributed by atoms with Gasteiger partial charge in [-0.2, -0.15) is 0 Å². The van der Waals surface area contributed by atoms with Crippen molar-refractivity contribution in [3.63, 3.8) is 0 Å². The molecule has 0 N–H and O–H groups in total. The van der Waals surface area contributed by atoms with E-state index in [1.54, 1.807) is 26.8 Å². The summed E-state index contributed by atoms with van der Waals surface area (Å²) in [6.07, 6.45) is 0.913. The average molecular weight is 663 g/mol. The standard InChI is InChI=1S/C33H38BrF2NO6/c1-18(2)23-11-7-19(3)13-27(23)42-31(41)33(16-28(38)43-32(4,5)6)25-15-22(35)10-12-24(25)29(39)37(30(33)40)17-20-8-9-21(34)14-26(20)36/h8-10,12,14-15,18-19,23,27H,7,11,13,16-17H2,1-6H3/t19-,23+,27-,33+/m1/s1. The third-order valence-electron chi connectivity index (χ3n) is 8.27. The Balaban J connectivity index is 1.88. The number of carbonyl (C=O) groups excluding carboxylic acids is 4. The number of halogens is 3. The molecule has 1 saturated carbocycles. The largest absolute Gasteiger partial charge is 0.461 e. The predicted octanol–water partition coefficient (Wildman–Crippen LogP) is 6.88. The highest BCUT2D eigenvalue weighted by molar-refractivity contribution is 9.10. The van der Waals surface area contributed by atoms with Crippen LogP contribution in [0.4, 0.5) is 8.78 Å². The van der Waals surface area contributed by atoms with Gasteiger partial charge in [-0.1, -0.05) is 49.2 Å². The Morgan fingerprint density at radius 1 is 1.09 bits per heavy atom. The van der Waals surface area contributed by atoms with Gasteiger partial charge in [-0.25, -0.2) is 8.78 Å². The van der Waals surface area contributed by atoms with E-state index in [2.05, 4.69) is 22.9 Å². The molecule has 10 heteroatoms. The maximum atomic E-state index is 14.9. The minimum Gasteiger partial charge on any atom is -0.461 e. The third kappa shape index (κ3) is 6.84. The highest BCUT2D eigenvalue weighted by Gasteiger charge is 2.59. The molecule has 4 rings (SSSR count). The van der Waals surface area contributed by atoms with Crippen LogP contribution < -0.4 is 0 Å². The molecule has 1 heterocycles. The highest BCUT2D eigenvalue weighted by atomic mass is 79.9. The maximum Gasteiger partial charge on any atom is 0.327 e. The molecule has 0 radical (unpaired) electrons. The number of hydrogen-bond acceptors (Lipinski definition) is 6. The maximum absolute atomic E-state index is 14.9. The van der Waals surface area contributed by atoms with Crippen molar-refractivity contribution in [1.29, 1.82) is 0 Å². The summed E-state index contributed by atoms with van der Waals surface area (Å²) in [6.45, 7) is 10.5. The summed E-state index contributed by atoms with van der Waals surface area (Å²) >= 11 is 3.19. The van der Waals surface area contributed by atoms with E-state index in [-0.39, 0.29) is 34.4 Å². The lowest BCUT2D eigenvalue weighted by atomic mass is 9.70. The summed E-state index contributed by atoms with van der Waals surface area (Å²) < 4.78 is 41.9. The normalized spacial score (nSPS) is 24.1. The molecule has 43 heavy (non-hydrogen) atoms. The molecule has 232 valence electrons. The molecule has 0 bridgehead atoms. The second-order valence-electron chi connectivity index (χ2n) is 13.1. The number of ether oxygens (including phenoxy) is 2. The Hall–Kier alpha value is -3.14. The molecule has 1 aliphatic heterocycles. The summed E-state index contributed by atoms with van der Waals surface area (Å²) in [4.78, 5) is 56.8. The zero-order valence-corrected chi connectivity index (χ0v) is 26.9. The van der Waals surface area contributed by atoms with Gasteiger partial charge in [0.15, 0.2) is 5.41 Å². The fraction of sp³-hybridized carbons (Fsp3) is 0.515. The monoisotopic (exact) mass is 661 g/mol. The minimum atomic E-state index is -2.44. The fourth-order valence-corrected chi connectivity index (χ4v) is 6.46. The summed E-state index contributed by atoms with van der Waals surface area (Å²) in [6, 6.07) is 7.28. The van der Waals surface area contributed by atoms with Crippen LogP contribution in [0.3, 0.4) is 0 Å². The van der Waals surface area contributed by atoms with Crippen molar-refractivity contribution in [3.05, 3.63) is 69.2 Å². The van der Waals surface area contributed by atoms with E-state index in [1.807, 2.05) is 13.8 Å². The Kier molecular flexibility index (Phi) is 9.50. The second kappa shape index (κ2) is 12.5.